The first-order chi connectivity index (χ1) is 10.5. The average Bonchev–Trinajstić information content (AvgIpc) is 2.44. The molecule has 0 aliphatic rings. The Morgan fingerprint density at radius 2 is 2.00 bits per heavy atom. The molecule has 0 aromatic heterocycles. The summed E-state index contributed by atoms with van der Waals surface area (Å²) in [6, 6.07) is 3.12. The van der Waals surface area contributed by atoms with Gasteiger partial charge in [-0.15, -0.1) is 0 Å². The van der Waals surface area contributed by atoms with E-state index in [2.05, 4.69) is 5.32 Å². The summed E-state index contributed by atoms with van der Waals surface area (Å²) in [5.74, 6) is -0.501. The molecule has 2 unspecified atom stereocenters. The van der Waals surface area contributed by atoms with Crippen LogP contribution in [0.2, 0.25) is 0 Å². The minimum atomic E-state index is -3.18. The van der Waals surface area contributed by atoms with Gasteiger partial charge < -0.3 is 15.0 Å². The molecule has 1 rings (SSSR count). The third kappa shape index (κ3) is 5.70. The smallest absolute Gasteiger partial charge is 0.317 e. The lowest BCUT2D eigenvalue weighted by Crippen LogP contribution is -2.45. The molecule has 0 saturated carbocycles. The number of sulfone groups is 1. The maximum absolute atomic E-state index is 13.7. The van der Waals surface area contributed by atoms with Gasteiger partial charge in [-0.05, 0) is 31.5 Å². The first-order valence-electron chi connectivity index (χ1n) is 7.09. The predicted octanol–water partition coefficient (Wildman–Crippen LogP) is 1.97. The Hall–Kier alpha value is -1.83. The van der Waals surface area contributed by atoms with Crippen LogP contribution < -0.4 is 10.1 Å². The first kappa shape index (κ1) is 19.2. The lowest BCUT2D eigenvalue weighted by molar-refractivity contribution is 0.195. The fourth-order valence-corrected chi connectivity index (χ4v) is 3.17. The first-order valence-corrected chi connectivity index (χ1v) is 9.15. The monoisotopic (exact) mass is 346 g/mol. The van der Waals surface area contributed by atoms with E-state index < -0.39 is 33.8 Å². The highest BCUT2D eigenvalue weighted by molar-refractivity contribution is 7.90. The highest BCUT2D eigenvalue weighted by Crippen LogP contribution is 2.21. The van der Waals surface area contributed by atoms with Crippen molar-refractivity contribution in [2.75, 3.05) is 26.2 Å². The number of nitrogens with zero attached hydrogens (tertiary/aromatic N) is 1. The van der Waals surface area contributed by atoms with E-state index >= 15 is 0 Å². The zero-order chi connectivity index (χ0) is 17.8. The van der Waals surface area contributed by atoms with Crippen LogP contribution in [0.25, 0.3) is 0 Å². The third-order valence-corrected chi connectivity index (χ3v) is 4.63. The molecule has 1 aromatic carbocycles. The van der Waals surface area contributed by atoms with Gasteiger partial charge in [0.1, 0.15) is 9.84 Å². The maximum atomic E-state index is 13.7. The molecular weight excluding hydrogens is 323 g/mol. The minimum Gasteiger partial charge on any atom is -0.494 e. The van der Waals surface area contributed by atoms with Crippen molar-refractivity contribution in [3.05, 3.63) is 29.6 Å². The minimum absolute atomic E-state index is 0.123. The predicted molar refractivity (Wildman–Crippen MR) is 86.8 cm³/mol. The second kappa shape index (κ2) is 7.63. The molecule has 23 heavy (non-hydrogen) atoms. The van der Waals surface area contributed by atoms with Crippen LogP contribution >= 0.6 is 0 Å². The summed E-state index contributed by atoms with van der Waals surface area (Å²) in [5, 5.41) is 2.71. The molecule has 0 saturated heterocycles. The molecule has 0 fully saturated rings. The lowest BCUT2D eigenvalue weighted by atomic mass is 10.1. The van der Waals surface area contributed by atoms with Crippen molar-refractivity contribution in [3.63, 3.8) is 0 Å². The van der Waals surface area contributed by atoms with Crippen LogP contribution in [-0.2, 0) is 9.84 Å². The Balaban J connectivity index is 2.74. The number of hydrogen-bond donors (Lipinski definition) is 1. The Morgan fingerprint density at radius 3 is 2.48 bits per heavy atom. The van der Waals surface area contributed by atoms with E-state index in [4.69, 9.17) is 4.74 Å². The van der Waals surface area contributed by atoms with E-state index in [-0.39, 0.29) is 11.5 Å². The largest absolute Gasteiger partial charge is 0.494 e. The van der Waals surface area contributed by atoms with Gasteiger partial charge in [0.2, 0.25) is 0 Å². The Morgan fingerprint density at radius 1 is 1.39 bits per heavy atom. The van der Waals surface area contributed by atoms with Crippen molar-refractivity contribution in [2.45, 2.75) is 25.9 Å². The Kier molecular flexibility index (Phi) is 6.37. The molecule has 2 atom stereocenters. The summed E-state index contributed by atoms with van der Waals surface area (Å²) in [6.07, 6.45) is 1.12. The summed E-state index contributed by atoms with van der Waals surface area (Å²) >= 11 is 0. The SMILES string of the molecule is COc1ccc(C(C)NC(=O)N(C)C(C)CS(C)(=O)=O)cc1F. The summed E-state index contributed by atoms with van der Waals surface area (Å²) in [6.45, 7) is 3.37. The normalized spacial score (nSPS) is 14.0. The molecule has 130 valence electrons. The van der Waals surface area contributed by atoms with Crippen molar-refractivity contribution in [1.29, 1.82) is 0 Å². The molecule has 8 heteroatoms. The van der Waals surface area contributed by atoms with Gasteiger partial charge in [0, 0.05) is 19.3 Å². The number of benzene rings is 1. The van der Waals surface area contributed by atoms with Crippen LogP contribution in [0.1, 0.15) is 25.5 Å². The van der Waals surface area contributed by atoms with Gasteiger partial charge in [0.25, 0.3) is 0 Å². The quantitative estimate of drug-likeness (QED) is 0.854. The number of nitrogens with one attached hydrogen (secondary N) is 1. The summed E-state index contributed by atoms with van der Waals surface area (Å²) < 4.78 is 41.2. The van der Waals surface area contributed by atoms with Gasteiger partial charge in [0.05, 0.1) is 18.9 Å². The van der Waals surface area contributed by atoms with Crippen molar-refractivity contribution >= 4 is 15.9 Å². The zero-order valence-corrected chi connectivity index (χ0v) is 14.8. The molecule has 1 N–H and O–H groups in total. The van der Waals surface area contributed by atoms with Crippen LogP contribution in [0.15, 0.2) is 18.2 Å². The maximum Gasteiger partial charge on any atom is 0.317 e. The van der Waals surface area contributed by atoms with E-state index in [1.165, 1.54) is 31.2 Å². The number of halogens is 1. The molecule has 0 aliphatic heterocycles. The standard InChI is InChI=1S/C15H23FN2O4S/c1-10(9-23(5,20)21)18(3)15(19)17-11(2)12-6-7-14(22-4)13(16)8-12/h6-8,10-11H,9H2,1-5H3,(H,17,19). The highest BCUT2D eigenvalue weighted by atomic mass is 32.2. The molecule has 1 aromatic rings. The molecule has 2 amide bonds. The van der Waals surface area contributed by atoms with Gasteiger partial charge in [-0.25, -0.2) is 17.6 Å². The van der Waals surface area contributed by atoms with Crippen LogP contribution in [0.5, 0.6) is 5.75 Å². The van der Waals surface area contributed by atoms with Gasteiger partial charge in [0.15, 0.2) is 11.6 Å². The number of rotatable bonds is 6. The van der Waals surface area contributed by atoms with Crippen molar-refractivity contribution < 1.29 is 22.3 Å². The average molecular weight is 346 g/mol. The number of urea groups is 1. The summed E-state index contributed by atoms with van der Waals surface area (Å²) in [7, 11) is -0.284. The molecule has 0 aliphatic carbocycles. The molecular formula is C15H23FN2O4S. The number of amides is 2. The van der Waals surface area contributed by atoms with Crippen molar-refractivity contribution in [3.8, 4) is 5.75 Å². The molecule has 0 radical (unpaired) electrons. The molecule has 0 bridgehead atoms. The number of carbonyl (C=O) groups excluding carboxylic acids is 1. The number of hydrogen-bond acceptors (Lipinski definition) is 4. The van der Waals surface area contributed by atoms with Gasteiger partial charge in [-0.1, -0.05) is 6.07 Å². The van der Waals surface area contributed by atoms with E-state index in [9.17, 15) is 17.6 Å². The van der Waals surface area contributed by atoms with Crippen molar-refractivity contribution in [2.24, 2.45) is 0 Å². The fraction of sp³-hybridized carbons (Fsp3) is 0.533. The highest BCUT2D eigenvalue weighted by Gasteiger charge is 2.21. The second-order valence-electron chi connectivity index (χ2n) is 5.62. The van der Waals surface area contributed by atoms with Crippen LogP contribution in [-0.4, -0.2) is 51.6 Å². The fourth-order valence-electron chi connectivity index (χ4n) is 2.07. The topological polar surface area (TPSA) is 75.7 Å². The van der Waals surface area contributed by atoms with Crippen LogP contribution in [0.3, 0.4) is 0 Å². The van der Waals surface area contributed by atoms with Gasteiger partial charge in [-0.2, -0.15) is 0 Å². The molecule has 0 heterocycles. The zero-order valence-electron chi connectivity index (χ0n) is 14.0. The van der Waals surface area contributed by atoms with Crippen molar-refractivity contribution in [1.82, 2.24) is 10.2 Å². The Labute approximate surface area is 136 Å². The molecule has 6 nitrogen and oxygen atoms in total. The third-order valence-electron chi connectivity index (χ3n) is 3.54. The Bertz CT molecular complexity index is 663. The number of carbonyl (C=O) groups is 1. The van der Waals surface area contributed by atoms with Gasteiger partial charge in [-0.3, -0.25) is 0 Å². The van der Waals surface area contributed by atoms with E-state index in [0.717, 1.165) is 6.26 Å². The van der Waals surface area contributed by atoms with Crippen LogP contribution in [0.4, 0.5) is 9.18 Å². The lowest BCUT2D eigenvalue weighted by Gasteiger charge is -2.26. The number of ether oxygens (including phenoxy) is 1. The summed E-state index contributed by atoms with van der Waals surface area (Å²) in [5.41, 5.74) is 0.584. The van der Waals surface area contributed by atoms with E-state index in [0.29, 0.717) is 5.56 Å². The summed E-state index contributed by atoms with van der Waals surface area (Å²) in [4.78, 5) is 13.5. The number of methoxy groups -OCH3 is 1. The second-order valence-corrected chi connectivity index (χ2v) is 7.80. The van der Waals surface area contributed by atoms with E-state index in [1.54, 1.807) is 19.9 Å². The van der Waals surface area contributed by atoms with Gasteiger partial charge >= 0.3 is 6.03 Å². The molecule has 0 spiro atoms. The van der Waals surface area contributed by atoms with Crippen LogP contribution in [0, 0.1) is 5.82 Å². The van der Waals surface area contributed by atoms with E-state index in [1.807, 2.05) is 0 Å².